The highest BCUT2D eigenvalue weighted by atomic mass is 32.2. The summed E-state index contributed by atoms with van der Waals surface area (Å²) in [7, 11) is -3.55. The summed E-state index contributed by atoms with van der Waals surface area (Å²) < 4.78 is 54.4. The Hall–Kier alpha value is -1.85. The number of hydrogen-bond donors (Lipinski definition) is 0. The molecule has 1 saturated carbocycles. The van der Waals surface area contributed by atoms with Gasteiger partial charge in [0.05, 0.1) is 5.69 Å². The molecule has 0 bridgehead atoms. The van der Waals surface area contributed by atoms with Crippen LogP contribution in [0.15, 0.2) is 27.8 Å². The van der Waals surface area contributed by atoms with Gasteiger partial charge in [0.2, 0.25) is 5.91 Å². The summed E-state index contributed by atoms with van der Waals surface area (Å²) in [4.78, 5) is 14.1. The van der Waals surface area contributed by atoms with Gasteiger partial charge in [0, 0.05) is 32.1 Å². The number of rotatable bonds is 6. The molecule has 2 aromatic rings. The summed E-state index contributed by atoms with van der Waals surface area (Å²) in [5.41, 5.74) is 0.379. The molecule has 2 aliphatic rings. The average molecular weight is 431 g/mol. The molecule has 3 heterocycles. The van der Waals surface area contributed by atoms with E-state index in [0.29, 0.717) is 5.69 Å². The molecular weight excluding hydrogens is 410 g/mol. The summed E-state index contributed by atoms with van der Waals surface area (Å²) in [6, 6.07) is 4.62. The predicted molar refractivity (Wildman–Crippen MR) is 98.8 cm³/mol. The van der Waals surface area contributed by atoms with E-state index in [1.165, 1.54) is 15.3 Å². The minimum atomic E-state index is -3.55. The smallest absolute Gasteiger partial charge is 0.280 e. The molecule has 152 valence electrons. The van der Waals surface area contributed by atoms with Gasteiger partial charge in [0.25, 0.3) is 16.4 Å². The van der Waals surface area contributed by atoms with Crippen LogP contribution in [0.25, 0.3) is 0 Å². The lowest BCUT2D eigenvalue weighted by Gasteiger charge is -2.33. The molecule has 2 aromatic heterocycles. The van der Waals surface area contributed by atoms with Crippen LogP contribution in [0.3, 0.4) is 0 Å². The molecular formula is C17H20F2N4O3S2. The fraction of sp³-hybridized carbons (Fsp3) is 0.529. The van der Waals surface area contributed by atoms with Gasteiger partial charge >= 0.3 is 0 Å². The third kappa shape index (κ3) is 3.83. The van der Waals surface area contributed by atoms with Crippen molar-refractivity contribution in [3.8, 4) is 0 Å². The largest absolute Gasteiger partial charge is 0.338 e. The Morgan fingerprint density at radius 2 is 1.96 bits per heavy atom. The molecule has 1 aliphatic carbocycles. The van der Waals surface area contributed by atoms with Gasteiger partial charge in [-0.05, 0) is 30.4 Å². The minimum absolute atomic E-state index is 0.181. The highest BCUT2D eigenvalue weighted by molar-refractivity contribution is 7.91. The van der Waals surface area contributed by atoms with Gasteiger partial charge < -0.3 is 4.90 Å². The van der Waals surface area contributed by atoms with Crippen molar-refractivity contribution in [2.75, 3.05) is 26.2 Å². The molecule has 1 amide bonds. The van der Waals surface area contributed by atoms with E-state index in [1.54, 1.807) is 17.5 Å². The Labute approximate surface area is 165 Å². The molecule has 1 saturated heterocycles. The topological polar surface area (TPSA) is 75.5 Å². The predicted octanol–water partition coefficient (Wildman–Crippen LogP) is 2.29. The first-order valence-electron chi connectivity index (χ1n) is 9.03. The normalized spacial score (nSPS) is 18.8. The molecule has 28 heavy (non-hydrogen) atoms. The summed E-state index contributed by atoms with van der Waals surface area (Å²) in [6.07, 6.45) is -0.816. The first kappa shape index (κ1) is 19.5. The van der Waals surface area contributed by atoms with Crippen LogP contribution in [-0.4, -0.2) is 59.5 Å². The van der Waals surface area contributed by atoms with Crippen molar-refractivity contribution >= 4 is 27.3 Å². The van der Waals surface area contributed by atoms with Crippen molar-refractivity contribution in [2.45, 2.75) is 35.9 Å². The first-order valence-corrected chi connectivity index (χ1v) is 11.4. The molecule has 0 N–H and O–H groups in total. The van der Waals surface area contributed by atoms with Crippen LogP contribution >= 0.6 is 11.3 Å². The van der Waals surface area contributed by atoms with Gasteiger partial charge in [0.15, 0.2) is 0 Å². The Morgan fingerprint density at radius 1 is 1.25 bits per heavy atom. The van der Waals surface area contributed by atoms with E-state index in [2.05, 4.69) is 5.10 Å². The second kappa shape index (κ2) is 7.53. The quantitative estimate of drug-likeness (QED) is 0.705. The Morgan fingerprint density at radius 3 is 2.54 bits per heavy atom. The van der Waals surface area contributed by atoms with Crippen LogP contribution in [0, 0.1) is 0 Å². The number of aromatic nitrogens is 2. The number of thiophene rings is 1. The van der Waals surface area contributed by atoms with Crippen LogP contribution in [0.4, 0.5) is 8.78 Å². The van der Waals surface area contributed by atoms with Crippen LogP contribution < -0.4 is 0 Å². The molecule has 0 unspecified atom stereocenters. The van der Waals surface area contributed by atoms with Crippen molar-refractivity contribution in [2.24, 2.45) is 0 Å². The van der Waals surface area contributed by atoms with E-state index in [9.17, 15) is 22.0 Å². The van der Waals surface area contributed by atoms with Gasteiger partial charge in [-0.15, -0.1) is 11.3 Å². The number of amides is 1. The highest BCUT2D eigenvalue weighted by Gasteiger charge is 2.32. The standard InChI is InChI=1S/C17H20F2N4O3S2/c18-17(19)14-10-13(12-3-4-12)20-23(14)11-15(24)21-5-7-22(8-6-21)28(25,26)16-2-1-9-27-16/h1-2,9-10,12,17H,3-8,11H2. The first-order chi connectivity index (χ1) is 13.4. The third-order valence-corrected chi connectivity index (χ3v) is 8.29. The fourth-order valence-corrected chi connectivity index (χ4v) is 5.84. The number of alkyl halides is 2. The lowest BCUT2D eigenvalue weighted by Crippen LogP contribution is -2.51. The number of nitrogens with zero attached hydrogens (tertiary/aromatic N) is 4. The maximum atomic E-state index is 13.3. The van der Waals surface area contributed by atoms with Gasteiger partial charge in [-0.25, -0.2) is 17.2 Å². The Kier molecular flexibility index (Phi) is 5.23. The highest BCUT2D eigenvalue weighted by Crippen LogP contribution is 2.40. The van der Waals surface area contributed by atoms with Crippen molar-refractivity contribution in [3.63, 3.8) is 0 Å². The van der Waals surface area contributed by atoms with Gasteiger partial charge in [-0.3, -0.25) is 9.48 Å². The number of hydrogen-bond acceptors (Lipinski definition) is 5. The molecule has 0 spiro atoms. The summed E-state index contributed by atoms with van der Waals surface area (Å²) in [5, 5.41) is 5.90. The molecule has 1 aliphatic heterocycles. The molecule has 0 radical (unpaired) electrons. The second-order valence-electron chi connectivity index (χ2n) is 6.94. The van der Waals surface area contributed by atoms with Crippen LogP contribution in [0.2, 0.25) is 0 Å². The van der Waals surface area contributed by atoms with Gasteiger partial charge in [0.1, 0.15) is 16.4 Å². The van der Waals surface area contributed by atoms with E-state index in [1.807, 2.05) is 0 Å². The lowest BCUT2D eigenvalue weighted by molar-refractivity contribution is -0.133. The zero-order valence-corrected chi connectivity index (χ0v) is 16.6. The molecule has 0 atom stereocenters. The Balaban J connectivity index is 1.40. The zero-order chi connectivity index (χ0) is 19.9. The molecule has 11 heteroatoms. The van der Waals surface area contributed by atoms with Crippen LogP contribution in [0.1, 0.15) is 36.6 Å². The van der Waals surface area contributed by atoms with Crippen molar-refractivity contribution in [1.82, 2.24) is 19.0 Å². The molecule has 4 rings (SSSR count). The Bertz CT molecular complexity index is 947. The van der Waals surface area contributed by atoms with Crippen LogP contribution in [0.5, 0.6) is 0 Å². The van der Waals surface area contributed by atoms with E-state index in [4.69, 9.17) is 0 Å². The number of carbonyl (C=O) groups excluding carboxylic acids is 1. The molecule has 2 fully saturated rings. The van der Waals surface area contributed by atoms with Crippen molar-refractivity contribution in [1.29, 1.82) is 0 Å². The molecule has 7 nitrogen and oxygen atoms in total. The third-order valence-electron chi connectivity index (χ3n) is 5.01. The number of halogens is 2. The monoisotopic (exact) mass is 430 g/mol. The zero-order valence-electron chi connectivity index (χ0n) is 15.0. The van der Waals surface area contributed by atoms with Crippen molar-refractivity contribution in [3.05, 3.63) is 35.0 Å². The van der Waals surface area contributed by atoms with Gasteiger partial charge in [-0.2, -0.15) is 9.40 Å². The van der Waals surface area contributed by atoms with E-state index in [-0.39, 0.29) is 54.5 Å². The maximum absolute atomic E-state index is 13.3. The summed E-state index contributed by atoms with van der Waals surface area (Å²) >= 11 is 1.15. The summed E-state index contributed by atoms with van der Waals surface area (Å²) in [5.74, 6) is -0.111. The van der Waals surface area contributed by atoms with E-state index < -0.39 is 16.4 Å². The van der Waals surface area contributed by atoms with Crippen LogP contribution in [-0.2, 0) is 21.4 Å². The van der Waals surface area contributed by atoms with Gasteiger partial charge in [-0.1, -0.05) is 6.07 Å². The van der Waals surface area contributed by atoms with Crippen molar-refractivity contribution < 1.29 is 22.0 Å². The average Bonchev–Trinajstić information content (AvgIpc) is 3.19. The SMILES string of the molecule is O=C(Cn1nc(C2CC2)cc1C(F)F)N1CCN(S(=O)(=O)c2cccs2)CC1. The second-order valence-corrected chi connectivity index (χ2v) is 10.1. The van der Waals surface area contributed by atoms with E-state index in [0.717, 1.165) is 28.9 Å². The lowest BCUT2D eigenvalue weighted by atomic mass is 10.3. The minimum Gasteiger partial charge on any atom is -0.338 e. The number of piperazine rings is 1. The van der Waals surface area contributed by atoms with E-state index >= 15 is 0 Å². The maximum Gasteiger partial charge on any atom is 0.280 e. The number of sulfonamides is 1. The summed E-state index contributed by atoms with van der Waals surface area (Å²) in [6.45, 7) is 0.554. The molecule has 0 aromatic carbocycles. The fourth-order valence-electron chi connectivity index (χ4n) is 3.28. The number of carbonyl (C=O) groups is 1.